The summed E-state index contributed by atoms with van der Waals surface area (Å²) in [5.41, 5.74) is -0.659. The third-order valence-corrected chi connectivity index (χ3v) is 4.87. The molecule has 0 amide bonds. The zero-order valence-corrected chi connectivity index (χ0v) is 16.5. The quantitative estimate of drug-likeness (QED) is 0.269. The fourth-order valence-corrected chi connectivity index (χ4v) is 3.18. The Morgan fingerprint density at radius 1 is 0.750 bits per heavy atom. The van der Waals surface area contributed by atoms with Crippen LogP contribution in [0.4, 0.5) is 32.0 Å². The van der Waals surface area contributed by atoms with Crippen molar-refractivity contribution >= 4 is 34.9 Å². The SMILES string of the molecule is N=C1/C(=C/c2ccc(Cl)cc2)C(c2ccc(F)cc2)=NN1c1c(F)c(F)c(F)c(F)c1F. The van der Waals surface area contributed by atoms with Crippen molar-refractivity contribution in [3.8, 4) is 0 Å². The summed E-state index contributed by atoms with van der Waals surface area (Å²) >= 11 is 5.86. The molecule has 10 heteroatoms. The number of hydrazone groups is 1. The molecule has 0 aliphatic carbocycles. The maximum atomic E-state index is 14.4. The number of halogens is 7. The van der Waals surface area contributed by atoms with Crippen LogP contribution in [0, 0.1) is 40.3 Å². The lowest BCUT2D eigenvalue weighted by Crippen LogP contribution is -2.24. The van der Waals surface area contributed by atoms with Gasteiger partial charge in [0.25, 0.3) is 0 Å². The largest absolute Gasteiger partial charge is 0.282 e. The van der Waals surface area contributed by atoms with Crippen LogP contribution in [0.1, 0.15) is 11.1 Å². The Morgan fingerprint density at radius 2 is 1.28 bits per heavy atom. The van der Waals surface area contributed by atoms with Gasteiger partial charge in [0.15, 0.2) is 29.1 Å². The van der Waals surface area contributed by atoms with Gasteiger partial charge in [-0.15, -0.1) is 0 Å². The van der Waals surface area contributed by atoms with Crippen molar-refractivity contribution in [2.45, 2.75) is 0 Å². The van der Waals surface area contributed by atoms with Crippen molar-refractivity contribution in [3.63, 3.8) is 0 Å². The van der Waals surface area contributed by atoms with Gasteiger partial charge in [-0.3, -0.25) is 5.41 Å². The van der Waals surface area contributed by atoms with Crippen LogP contribution in [0.3, 0.4) is 0 Å². The van der Waals surface area contributed by atoms with Crippen LogP contribution in [-0.2, 0) is 0 Å². The van der Waals surface area contributed by atoms with E-state index in [-0.39, 0.29) is 16.8 Å². The maximum absolute atomic E-state index is 14.4. The van der Waals surface area contributed by atoms with Gasteiger partial charge in [-0.2, -0.15) is 5.10 Å². The minimum absolute atomic E-state index is 0.00266. The smallest absolute Gasteiger partial charge is 0.200 e. The molecule has 0 bridgehead atoms. The van der Waals surface area contributed by atoms with E-state index in [2.05, 4.69) is 5.10 Å². The molecule has 1 aliphatic rings. The van der Waals surface area contributed by atoms with Gasteiger partial charge in [-0.05, 0) is 48.0 Å². The Bertz CT molecular complexity index is 1270. The fraction of sp³-hybridized carbons (Fsp3) is 0. The molecule has 0 aromatic heterocycles. The van der Waals surface area contributed by atoms with E-state index in [1.807, 2.05) is 0 Å². The monoisotopic (exact) mass is 465 g/mol. The van der Waals surface area contributed by atoms with Gasteiger partial charge in [0.2, 0.25) is 5.82 Å². The molecule has 0 atom stereocenters. The Labute approximate surface area is 182 Å². The van der Waals surface area contributed by atoms with Gasteiger partial charge in [-0.1, -0.05) is 23.7 Å². The van der Waals surface area contributed by atoms with Crippen LogP contribution in [0.2, 0.25) is 5.02 Å². The minimum atomic E-state index is -2.32. The molecule has 0 unspecified atom stereocenters. The lowest BCUT2D eigenvalue weighted by molar-refractivity contribution is 0.380. The summed E-state index contributed by atoms with van der Waals surface area (Å²) in [5.74, 6) is -12.2. The first-order valence-corrected chi connectivity index (χ1v) is 9.29. The molecule has 3 nitrogen and oxygen atoms in total. The maximum Gasteiger partial charge on any atom is 0.200 e. The Balaban J connectivity index is 1.92. The molecule has 1 heterocycles. The van der Waals surface area contributed by atoms with Gasteiger partial charge >= 0.3 is 0 Å². The zero-order valence-electron chi connectivity index (χ0n) is 15.7. The predicted molar refractivity (Wildman–Crippen MR) is 109 cm³/mol. The normalized spacial score (nSPS) is 15.0. The molecule has 1 N–H and O–H groups in total. The highest BCUT2D eigenvalue weighted by molar-refractivity contribution is 6.38. The molecule has 4 rings (SSSR count). The van der Waals surface area contributed by atoms with Crippen molar-refractivity contribution in [3.05, 3.63) is 105 Å². The van der Waals surface area contributed by atoms with E-state index in [0.717, 1.165) is 12.1 Å². The molecule has 0 saturated heterocycles. The second-order valence-electron chi connectivity index (χ2n) is 6.64. The van der Waals surface area contributed by atoms with Gasteiger partial charge < -0.3 is 0 Å². The Morgan fingerprint density at radius 3 is 1.84 bits per heavy atom. The molecule has 1 aliphatic heterocycles. The van der Waals surface area contributed by atoms with Crippen molar-refractivity contribution < 1.29 is 26.3 Å². The van der Waals surface area contributed by atoms with Gasteiger partial charge in [-0.25, -0.2) is 31.4 Å². The van der Waals surface area contributed by atoms with Crippen molar-refractivity contribution in [1.29, 1.82) is 5.41 Å². The van der Waals surface area contributed by atoms with Crippen LogP contribution in [-0.4, -0.2) is 11.5 Å². The molecular weight excluding hydrogens is 456 g/mol. The number of hydrogen-bond acceptors (Lipinski definition) is 2. The molecule has 162 valence electrons. The summed E-state index contributed by atoms with van der Waals surface area (Å²) in [6.07, 6.45) is 1.42. The zero-order chi connectivity index (χ0) is 23.2. The number of nitrogens with one attached hydrogen (secondary N) is 1. The van der Waals surface area contributed by atoms with Gasteiger partial charge in [0, 0.05) is 16.2 Å². The second-order valence-corrected chi connectivity index (χ2v) is 7.08. The topological polar surface area (TPSA) is 39.5 Å². The van der Waals surface area contributed by atoms with Crippen LogP contribution in [0.25, 0.3) is 6.08 Å². The average molecular weight is 466 g/mol. The van der Waals surface area contributed by atoms with E-state index >= 15 is 0 Å². The lowest BCUT2D eigenvalue weighted by Gasteiger charge is -2.16. The minimum Gasteiger partial charge on any atom is -0.282 e. The first-order chi connectivity index (χ1) is 15.2. The predicted octanol–water partition coefficient (Wildman–Crippen LogP) is 6.46. The van der Waals surface area contributed by atoms with Crippen LogP contribution >= 0.6 is 11.6 Å². The second kappa shape index (κ2) is 8.16. The molecule has 0 saturated carbocycles. The summed E-state index contributed by atoms with van der Waals surface area (Å²) in [6.45, 7) is 0. The Hall–Kier alpha value is -3.59. The molecule has 0 fully saturated rings. The van der Waals surface area contributed by atoms with Gasteiger partial charge in [0.1, 0.15) is 17.2 Å². The summed E-state index contributed by atoms with van der Waals surface area (Å²) in [6, 6.07) is 11.1. The Kier molecular flexibility index (Phi) is 5.52. The van der Waals surface area contributed by atoms with E-state index in [4.69, 9.17) is 17.0 Å². The third kappa shape index (κ3) is 3.64. The van der Waals surface area contributed by atoms with E-state index in [9.17, 15) is 26.3 Å². The number of benzene rings is 3. The van der Waals surface area contributed by atoms with Crippen LogP contribution in [0.15, 0.2) is 59.2 Å². The number of rotatable bonds is 3. The molecule has 32 heavy (non-hydrogen) atoms. The molecule has 0 spiro atoms. The number of amidine groups is 1. The van der Waals surface area contributed by atoms with E-state index in [1.54, 1.807) is 24.3 Å². The molecular formula is C22H10ClF6N3. The molecule has 3 aromatic carbocycles. The number of nitrogens with zero attached hydrogens (tertiary/aromatic N) is 2. The number of hydrogen-bond donors (Lipinski definition) is 1. The summed E-state index contributed by atoms with van der Waals surface area (Å²) in [5, 5.41) is 13.1. The van der Waals surface area contributed by atoms with Crippen molar-refractivity contribution in [1.82, 2.24) is 0 Å². The fourth-order valence-electron chi connectivity index (χ4n) is 3.05. The summed E-state index contributed by atoms with van der Waals surface area (Å²) in [7, 11) is 0. The average Bonchev–Trinajstić information content (AvgIpc) is 3.09. The highest BCUT2D eigenvalue weighted by Crippen LogP contribution is 2.35. The van der Waals surface area contributed by atoms with Crippen LogP contribution < -0.4 is 5.01 Å². The summed E-state index contributed by atoms with van der Waals surface area (Å²) in [4.78, 5) is 0. The van der Waals surface area contributed by atoms with Crippen molar-refractivity contribution in [2.75, 3.05) is 5.01 Å². The van der Waals surface area contributed by atoms with Gasteiger partial charge in [0.05, 0.1) is 0 Å². The third-order valence-electron chi connectivity index (χ3n) is 4.62. The van der Waals surface area contributed by atoms with Crippen LogP contribution in [0.5, 0.6) is 0 Å². The molecule has 0 radical (unpaired) electrons. The highest BCUT2D eigenvalue weighted by Gasteiger charge is 2.36. The summed E-state index contributed by atoms with van der Waals surface area (Å²) < 4.78 is 83.1. The first kappa shape index (κ1) is 21.6. The van der Waals surface area contributed by atoms with E-state index in [0.29, 0.717) is 15.6 Å². The standard InChI is InChI=1S/C22H10ClF6N3/c23-12-5-1-10(2-6-12)9-14-20(11-3-7-13(24)8-4-11)31-32(22(14)30)21-18(28)16(26)15(25)17(27)19(21)29/h1-9,30H/b14-9+,30-22?. The van der Waals surface area contributed by atoms with E-state index < -0.39 is 46.4 Å². The lowest BCUT2D eigenvalue weighted by atomic mass is 10.00. The van der Waals surface area contributed by atoms with E-state index in [1.165, 1.54) is 18.2 Å². The number of anilines is 1. The highest BCUT2D eigenvalue weighted by atomic mass is 35.5. The van der Waals surface area contributed by atoms with Crippen molar-refractivity contribution in [2.24, 2.45) is 5.10 Å². The molecule has 3 aromatic rings. The first-order valence-electron chi connectivity index (χ1n) is 8.91.